The van der Waals surface area contributed by atoms with Crippen molar-refractivity contribution < 1.29 is 0 Å². The summed E-state index contributed by atoms with van der Waals surface area (Å²) in [5, 5.41) is 4.44. The van der Waals surface area contributed by atoms with Gasteiger partial charge in [0.15, 0.2) is 0 Å². The smallest absolute Gasteiger partial charge is 0.0854 e. The highest BCUT2D eigenvalue weighted by Gasteiger charge is 2.43. The molecule has 3 heteroatoms. The van der Waals surface area contributed by atoms with Crippen molar-refractivity contribution in [1.29, 1.82) is 0 Å². The zero-order valence-electron chi connectivity index (χ0n) is 7.89. The lowest BCUT2D eigenvalue weighted by atomic mass is 10.1. The molecule has 1 aromatic rings. The molecule has 0 radical (unpaired) electrons. The number of nitrogens with two attached hydrogens (primary N) is 1. The maximum atomic E-state index is 6.08. The van der Waals surface area contributed by atoms with Gasteiger partial charge in [0.2, 0.25) is 0 Å². The van der Waals surface area contributed by atoms with Crippen molar-refractivity contribution in [3.63, 3.8) is 0 Å². The van der Waals surface area contributed by atoms with Gasteiger partial charge >= 0.3 is 0 Å². The van der Waals surface area contributed by atoms with E-state index in [1.165, 1.54) is 11.3 Å². The van der Waals surface area contributed by atoms with Crippen LogP contribution >= 0.6 is 0 Å². The van der Waals surface area contributed by atoms with E-state index in [0.29, 0.717) is 0 Å². The quantitative estimate of drug-likeness (QED) is 0.674. The molecule has 0 aromatic carbocycles. The van der Waals surface area contributed by atoms with Crippen LogP contribution in [0.15, 0.2) is 0 Å². The first-order valence-electron chi connectivity index (χ1n) is 4.34. The molecular weight excluding hydrogens is 150 g/mol. The van der Waals surface area contributed by atoms with Crippen LogP contribution in [-0.2, 0) is 12.6 Å². The van der Waals surface area contributed by atoms with Gasteiger partial charge in [0.1, 0.15) is 0 Å². The SMILES string of the molecule is Cc1c(C2(N)CC2)nn(C)c1C. The standard InChI is InChI=1S/C9H15N3/c1-6-7(2)12(3)11-8(6)9(10)4-5-9/h4-5,10H2,1-3H3. The summed E-state index contributed by atoms with van der Waals surface area (Å²) >= 11 is 0. The van der Waals surface area contributed by atoms with Crippen molar-refractivity contribution in [3.05, 3.63) is 17.0 Å². The normalized spacial score (nSPS) is 19.7. The van der Waals surface area contributed by atoms with E-state index in [2.05, 4.69) is 18.9 Å². The molecule has 2 N–H and O–H groups in total. The van der Waals surface area contributed by atoms with Gasteiger partial charge in [-0.05, 0) is 32.3 Å². The minimum absolute atomic E-state index is 0.0872. The number of hydrogen-bond donors (Lipinski definition) is 1. The van der Waals surface area contributed by atoms with E-state index < -0.39 is 0 Å². The summed E-state index contributed by atoms with van der Waals surface area (Å²) in [4.78, 5) is 0. The summed E-state index contributed by atoms with van der Waals surface area (Å²) in [6.45, 7) is 4.18. The van der Waals surface area contributed by atoms with E-state index in [4.69, 9.17) is 5.73 Å². The van der Waals surface area contributed by atoms with Crippen molar-refractivity contribution in [1.82, 2.24) is 9.78 Å². The van der Waals surface area contributed by atoms with Gasteiger partial charge in [-0.3, -0.25) is 4.68 Å². The Kier molecular flexibility index (Phi) is 1.37. The molecule has 0 saturated heterocycles. The molecule has 12 heavy (non-hydrogen) atoms. The fourth-order valence-corrected chi connectivity index (χ4v) is 1.56. The van der Waals surface area contributed by atoms with Crippen LogP contribution in [0.2, 0.25) is 0 Å². The maximum absolute atomic E-state index is 6.08. The van der Waals surface area contributed by atoms with Gasteiger partial charge in [0, 0.05) is 12.7 Å². The molecule has 0 amide bonds. The van der Waals surface area contributed by atoms with E-state index in [1.807, 2.05) is 11.7 Å². The molecule has 1 aliphatic carbocycles. The molecule has 1 saturated carbocycles. The largest absolute Gasteiger partial charge is 0.320 e. The van der Waals surface area contributed by atoms with E-state index in [-0.39, 0.29) is 5.54 Å². The third-order valence-electron chi connectivity index (χ3n) is 2.89. The summed E-state index contributed by atoms with van der Waals surface area (Å²) in [7, 11) is 1.97. The van der Waals surface area contributed by atoms with Gasteiger partial charge in [-0.2, -0.15) is 5.10 Å². The molecule has 0 aliphatic heterocycles. The first kappa shape index (κ1) is 7.80. The average molecular weight is 165 g/mol. The Balaban J connectivity index is 2.51. The van der Waals surface area contributed by atoms with Crippen molar-refractivity contribution in [2.45, 2.75) is 32.2 Å². The van der Waals surface area contributed by atoms with Gasteiger partial charge in [-0.25, -0.2) is 0 Å². The molecule has 1 aromatic heterocycles. The molecule has 1 heterocycles. The van der Waals surface area contributed by atoms with Crippen LogP contribution in [-0.4, -0.2) is 9.78 Å². The van der Waals surface area contributed by atoms with Crippen LogP contribution in [0, 0.1) is 13.8 Å². The topological polar surface area (TPSA) is 43.8 Å². The fraction of sp³-hybridized carbons (Fsp3) is 0.667. The minimum Gasteiger partial charge on any atom is -0.320 e. The van der Waals surface area contributed by atoms with Crippen molar-refractivity contribution in [3.8, 4) is 0 Å². The zero-order chi connectivity index (χ0) is 8.93. The van der Waals surface area contributed by atoms with Crippen molar-refractivity contribution in [2.24, 2.45) is 12.8 Å². The Morgan fingerprint density at radius 2 is 2.00 bits per heavy atom. The van der Waals surface area contributed by atoms with Crippen LogP contribution in [0.5, 0.6) is 0 Å². The first-order chi connectivity index (χ1) is 5.54. The van der Waals surface area contributed by atoms with Crippen LogP contribution < -0.4 is 5.73 Å². The van der Waals surface area contributed by atoms with Crippen molar-refractivity contribution in [2.75, 3.05) is 0 Å². The number of hydrogen-bond acceptors (Lipinski definition) is 2. The Morgan fingerprint density at radius 3 is 2.33 bits per heavy atom. The van der Waals surface area contributed by atoms with Crippen molar-refractivity contribution >= 4 is 0 Å². The second-order valence-electron chi connectivity index (χ2n) is 3.84. The Labute approximate surface area is 72.6 Å². The number of aromatic nitrogens is 2. The molecule has 0 atom stereocenters. The highest BCUT2D eigenvalue weighted by Crippen LogP contribution is 2.43. The van der Waals surface area contributed by atoms with E-state index >= 15 is 0 Å². The molecule has 2 rings (SSSR count). The monoisotopic (exact) mass is 165 g/mol. The molecule has 1 fully saturated rings. The first-order valence-corrected chi connectivity index (χ1v) is 4.34. The van der Waals surface area contributed by atoms with Crippen LogP contribution in [0.4, 0.5) is 0 Å². The predicted octanol–water partition coefficient (Wildman–Crippen LogP) is 0.985. The van der Waals surface area contributed by atoms with Gasteiger partial charge < -0.3 is 5.73 Å². The highest BCUT2D eigenvalue weighted by molar-refractivity contribution is 5.33. The summed E-state index contributed by atoms with van der Waals surface area (Å²) < 4.78 is 1.91. The van der Waals surface area contributed by atoms with Crippen LogP contribution in [0.3, 0.4) is 0 Å². The third-order valence-corrected chi connectivity index (χ3v) is 2.89. The zero-order valence-corrected chi connectivity index (χ0v) is 7.89. The summed E-state index contributed by atoms with van der Waals surface area (Å²) in [6, 6.07) is 0. The Morgan fingerprint density at radius 1 is 1.42 bits per heavy atom. The third kappa shape index (κ3) is 0.894. The lowest BCUT2D eigenvalue weighted by Crippen LogP contribution is -2.20. The lowest BCUT2D eigenvalue weighted by molar-refractivity contribution is 0.652. The van der Waals surface area contributed by atoms with Gasteiger partial charge in [-0.1, -0.05) is 0 Å². The fourth-order valence-electron chi connectivity index (χ4n) is 1.56. The van der Waals surface area contributed by atoms with Gasteiger partial charge in [0.05, 0.1) is 11.2 Å². The summed E-state index contributed by atoms with van der Waals surface area (Å²) in [5.74, 6) is 0. The summed E-state index contributed by atoms with van der Waals surface area (Å²) in [6.07, 6.45) is 2.18. The maximum Gasteiger partial charge on any atom is 0.0854 e. The molecule has 3 nitrogen and oxygen atoms in total. The minimum atomic E-state index is -0.0872. The number of rotatable bonds is 1. The lowest BCUT2D eigenvalue weighted by Gasteiger charge is -2.04. The van der Waals surface area contributed by atoms with E-state index in [1.54, 1.807) is 0 Å². The second-order valence-corrected chi connectivity index (χ2v) is 3.84. The highest BCUT2D eigenvalue weighted by atomic mass is 15.3. The van der Waals surface area contributed by atoms with E-state index in [0.717, 1.165) is 18.5 Å². The molecular formula is C9H15N3. The Hall–Kier alpha value is -0.830. The Bertz CT molecular complexity index is 321. The number of nitrogens with zero attached hydrogens (tertiary/aromatic N) is 2. The molecule has 0 unspecified atom stereocenters. The molecule has 0 spiro atoms. The second kappa shape index (κ2) is 2.10. The predicted molar refractivity (Wildman–Crippen MR) is 47.8 cm³/mol. The van der Waals surface area contributed by atoms with Crippen LogP contribution in [0.25, 0.3) is 0 Å². The summed E-state index contributed by atoms with van der Waals surface area (Å²) in [5.41, 5.74) is 9.57. The van der Waals surface area contributed by atoms with E-state index in [9.17, 15) is 0 Å². The molecule has 1 aliphatic rings. The molecule has 0 bridgehead atoms. The van der Waals surface area contributed by atoms with Gasteiger partial charge in [0.25, 0.3) is 0 Å². The van der Waals surface area contributed by atoms with Gasteiger partial charge in [-0.15, -0.1) is 0 Å². The average Bonchev–Trinajstić information content (AvgIpc) is 2.71. The number of aryl methyl sites for hydroxylation is 1. The molecule has 66 valence electrons. The van der Waals surface area contributed by atoms with Crippen LogP contribution in [0.1, 0.15) is 29.8 Å².